The average molecular weight is 460 g/mol. The number of Topliss-reactive ketones (excluding diaryl/α,β-unsaturated/α-hetero) is 1. The topological polar surface area (TPSA) is 78.6 Å². The van der Waals surface area contributed by atoms with Crippen LogP contribution in [0.25, 0.3) is 0 Å². The summed E-state index contributed by atoms with van der Waals surface area (Å²) in [7, 11) is 0. The molecule has 0 saturated heterocycles. The van der Waals surface area contributed by atoms with Crippen LogP contribution in [0.2, 0.25) is 0 Å². The molecule has 3 aromatic carbocycles. The molecule has 3 rings (SSSR count). The second kappa shape index (κ2) is 13.3. The maximum atomic E-state index is 12.5. The van der Waals surface area contributed by atoms with Gasteiger partial charge in [0.25, 0.3) is 0 Å². The molecule has 2 unspecified atom stereocenters. The van der Waals surface area contributed by atoms with E-state index in [2.05, 4.69) is 6.92 Å². The zero-order valence-electron chi connectivity index (χ0n) is 19.7. The van der Waals surface area contributed by atoms with E-state index in [-0.39, 0.29) is 30.5 Å². The van der Waals surface area contributed by atoms with E-state index in [9.17, 15) is 9.59 Å². The minimum atomic E-state index is -0.596. The second-order valence-electron chi connectivity index (χ2n) is 8.50. The van der Waals surface area contributed by atoms with Crippen molar-refractivity contribution < 1.29 is 19.1 Å². The van der Waals surface area contributed by atoms with Crippen LogP contribution in [0.15, 0.2) is 84.9 Å². The molecule has 0 aliphatic heterocycles. The summed E-state index contributed by atoms with van der Waals surface area (Å²) in [6, 6.07) is 27.9. The highest BCUT2D eigenvalue weighted by Gasteiger charge is 2.25. The molecule has 3 aromatic rings. The van der Waals surface area contributed by atoms with Crippen LogP contribution in [-0.2, 0) is 27.5 Å². The minimum Gasteiger partial charge on any atom is -0.489 e. The van der Waals surface area contributed by atoms with Gasteiger partial charge in [-0.15, -0.1) is 0 Å². The van der Waals surface area contributed by atoms with Crippen molar-refractivity contribution in [3.05, 3.63) is 102 Å². The SMILES string of the molecule is CCC(COCc1ccccc1)C(CC(=O)CC(N)=O)c1ccc(OCc2ccccc2)cc1. The number of rotatable bonds is 14. The highest BCUT2D eigenvalue weighted by molar-refractivity contribution is 5.97. The molecule has 2 atom stereocenters. The summed E-state index contributed by atoms with van der Waals surface area (Å²) < 4.78 is 11.9. The van der Waals surface area contributed by atoms with Crippen molar-refractivity contribution in [3.8, 4) is 5.75 Å². The van der Waals surface area contributed by atoms with Crippen LogP contribution in [0.4, 0.5) is 0 Å². The van der Waals surface area contributed by atoms with Gasteiger partial charge in [-0.05, 0) is 40.7 Å². The van der Waals surface area contributed by atoms with Crippen molar-refractivity contribution in [1.82, 2.24) is 0 Å². The number of ketones is 1. The number of hydrogen-bond donors (Lipinski definition) is 1. The van der Waals surface area contributed by atoms with Crippen LogP contribution >= 0.6 is 0 Å². The van der Waals surface area contributed by atoms with Gasteiger partial charge < -0.3 is 15.2 Å². The highest BCUT2D eigenvalue weighted by Crippen LogP contribution is 2.33. The van der Waals surface area contributed by atoms with Crippen LogP contribution in [0.1, 0.15) is 48.8 Å². The summed E-state index contributed by atoms with van der Waals surface area (Å²) in [5.74, 6) is 0.0702. The van der Waals surface area contributed by atoms with Gasteiger partial charge in [-0.1, -0.05) is 86.1 Å². The summed E-state index contributed by atoms with van der Waals surface area (Å²) in [4.78, 5) is 23.8. The van der Waals surface area contributed by atoms with E-state index >= 15 is 0 Å². The van der Waals surface area contributed by atoms with E-state index in [0.717, 1.165) is 28.9 Å². The Bertz CT molecular complexity index is 1020. The van der Waals surface area contributed by atoms with Crippen LogP contribution < -0.4 is 10.5 Å². The molecule has 0 fully saturated rings. The van der Waals surface area contributed by atoms with Crippen molar-refractivity contribution in [2.45, 2.75) is 45.3 Å². The van der Waals surface area contributed by atoms with Gasteiger partial charge in [0.15, 0.2) is 0 Å². The van der Waals surface area contributed by atoms with E-state index in [1.54, 1.807) is 0 Å². The molecule has 0 bridgehead atoms. The van der Waals surface area contributed by atoms with E-state index in [1.807, 2.05) is 84.9 Å². The Morgan fingerprint density at radius 2 is 1.41 bits per heavy atom. The molecule has 0 aliphatic carbocycles. The number of benzene rings is 3. The Morgan fingerprint density at radius 1 is 0.824 bits per heavy atom. The molecule has 5 heteroatoms. The number of nitrogens with two attached hydrogens (primary N) is 1. The third-order valence-electron chi connectivity index (χ3n) is 5.91. The molecule has 1 amide bonds. The number of primary amides is 1. The number of hydrogen-bond acceptors (Lipinski definition) is 4. The first-order chi connectivity index (χ1) is 16.5. The van der Waals surface area contributed by atoms with Crippen LogP contribution in [0, 0.1) is 5.92 Å². The predicted molar refractivity (Wildman–Crippen MR) is 133 cm³/mol. The first-order valence-electron chi connectivity index (χ1n) is 11.7. The summed E-state index contributed by atoms with van der Waals surface area (Å²) in [6.07, 6.45) is 0.853. The third-order valence-corrected chi connectivity index (χ3v) is 5.91. The molecule has 0 heterocycles. The van der Waals surface area contributed by atoms with Crippen LogP contribution in [0.5, 0.6) is 5.75 Å². The Balaban J connectivity index is 1.68. The summed E-state index contributed by atoms with van der Waals surface area (Å²) >= 11 is 0. The van der Waals surface area contributed by atoms with Crippen LogP contribution in [0.3, 0.4) is 0 Å². The molecular weight excluding hydrogens is 426 g/mol. The van der Waals surface area contributed by atoms with Gasteiger partial charge in [0.2, 0.25) is 5.91 Å². The van der Waals surface area contributed by atoms with Crippen molar-refractivity contribution in [1.29, 1.82) is 0 Å². The molecule has 0 saturated carbocycles. The Labute approximate surface area is 201 Å². The normalized spacial score (nSPS) is 12.6. The molecule has 178 valence electrons. The molecule has 0 aromatic heterocycles. The van der Waals surface area contributed by atoms with Gasteiger partial charge in [-0.3, -0.25) is 9.59 Å². The van der Waals surface area contributed by atoms with Gasteiger partial charge in [-0.25, -0.2) is 0 Å². The number of carbonyl (C=O) groups excluding carboxylic acids is 2. The summed E-state index contributed by atoms with van der Waals surface area (Å²) in [5, 5.41) is 0. The number of carbonyl (C=O) groups is 2. The standard InChI is InChI=1S/C29H33NO4/c1-2-24(21-33-19-22-9-5-3-6-10-22)28(17-26(31)18-29(30)32)25-13-15-27(16-14-25)34-20-23-11-7-4-8-12-23/h3-16,24,28H,2,17-21H2,1H3,(H2,30,32). The molecule has 2 N–H and O–H groups in total. The lowest BCUT2D eigenvalue weighted by atomic mass is 9.81. The lowest BCUT2D eigenvalue weighted by Crippen LogP contribution is -2.23. The molecule has 0 spiro atoms. The lowest BCUT2D eigenvalue weighted by Gasteiger charge is -2.26. The third kappa shape index (κ3) is 8.16. The Hall–Kier alpha value is -3.44. The van der Waals surface area contributed by atoms with E-state index in [4.69, 9.17) is 15.2 Å². The smallest absolute Gasteiger partial charge is 0.224 e. The first kappa shape index (κ1) is 25.2. The quantitative estimate of drug-likeness (QED) is 0.326. The second-order valence-corrected chi connectivity index (χ2v) is 8.50. The number of amides is 1. The molecule has 0 radical (unpaired) electrons. The fraction of sp³-hybridized carbons (Fsp3) is 0.310. The van der Waals surface area contributed by atoms with Crippen molar-refractivity contribution in [2.75, 3.05) is 6.61 Å². The van der Waals surface area contributed by atoms with E-state index < -0.39 is 5.91 Å². The number of ether oxygens (including phenoxy) is 2. The maximum Gasteiger partial charge on any atom is 0.224 e. The van der Waals surface area contributed by atoms with E-state index in [1.165, 1.54) is 0 Å². The zero-order valence-corrected chi connectivity index (χ0v) is 19.7. The van der Waals surface area contributed by atoms with Crippen molar-refractivity contribution >= 4 is 11.7 Å². The minimum absolute atomic E-state index is 0.0733. The Morgan fingerprint density at radius 3 is 1.97 bits per heavy atom. The van der Waals surface area contributed by atoms with Gasteiger partial charge in [-0.2, -0.15) is 0 Å². The lowest BCUT2D eigenvalue weighted by molar-refractivity contribution is -0.126. The van der Waals surface area contributed by atoms with E-state index in [0.29, 0.717) is 19.8 Å². The molecule has 34 heavy (non-hydrogen) atoms. The summed E-state index contributed by atoms with van der Waals surface area (Å²) in [6.45, 7) is 3.63. The average Bonchev–Trinajstić information content (AvgIpc) is 2.85. The monoisotopic (exact) mass is 459 g/mol. The first-order valence-corrected chi connectivity index (χ1v) is 11.7. The Kier molecular flexibility index (Phi) is 9.86. The molecule has 0 aliphatic rings. The highest BCUT2D eigenvalue weighted by atomic mass is 16.5. The maximum absolute atomic E-state index is 12.5. The molecule has 5 nitrogen and oxygen atoms in total. The van der Waals surface area contributed by atoms with Gasteiger partial charge in [0.1, 0.15) is 18.1 Å². The van der Waals surface area contributed by atoms with Gasteiger partial charge >= 0.3 is 0 Å². The largest absolute Gasteiger partial charge is 0.489 e. The van der Waals surface area contributed by atoms with Gasteiger partial charge in [0.05, 0.1) is 19.6 Å². The van der Waals surface area contributed by atoms with Crippen LogP contribution in [-0.4, -0.2) is 18.3 Å². The fourth-order valence-electron chi connectivity index (χ4n) is 4.04. The predicted octanol–water partition coefficient (Wildman–Crippen LogP) is 5.43. The molecular formula is C29H33NO4. The van der Waals surface area contributed by atoms with Crippen molar-refractivity contribution in [3.63, 3.8) is 0 Å². The van der Waals surface area contributed by atoms with Crippen molar-refractivity contribution in [2.24, 2.45) is 11.7 Å². The summed E-state index contributed by atoms with van der Waals surface area (Å²) in [5.41, 5.74) is 8.50. The zero-order chi connectivity index (χ0) is 24.2. The fourth-order valence-corrected chi connectivity index (χ4v) is 4.04. The van der Waals surface area contributed by atoms with Gasteiger partial charge in [0, 0.05) is 6.42 Å².